The number of nitrogens with zero attached hydrogens (tertiary/aromatic N) is 4. The average molecular weight is 251 g/mol. The molecule has 0 aromatic carbocycles. The van der Waals surface area contributed by atoms with Crippen LogP contribution in [0, 0.1) is 0 Å². The third-order valence-electron chi connectivity index (χ3n) is 2.72. The summed E-state index contributed by atoms with van der Waals surface area (Å²) in [4.78, 5) is 13.2. The zero-order chi connectivity index (χ0) is 13.4. The number of hydrogen-bond acceptors (Lipinski definition) is 5. The first-order chi connectivity index (χ1) is 8.63. The second-order valence-electron chi connectivity index (χ2n) is 4.73. The molecule has 0 unspecified atom stereocenters. The molecule has 0 atom stereocenters. The van der Waals surface area contributed by atoms with Crippen molar-refractivity contribution in [3.63, 3.8) is 0 Å². The first-order valence-electron chi connectivity index (χ1n) is 6.51. The zero-order valence-electron chi connectivity index (χ0n) is 12.0. The van der Waals surface area contributed by atoms with Crippen LogP contribution < -0.4 is 10.2 Å². The maximum atomic E-state index is 4.60. The molecule has 5 nitrogen and oxygen atoms in total. The summed E-state index contributed by atoms with van der Waals surface area (Å²) < 4.78 is 0. The van der Waals surface area contributed by atoms with Crippen molar-refractivity contribution in [1.82, 2.24) is 20.2 Å². The molecule has 1 N–H and O–H groups in total. The Hall–Kier alpha value is -1.20. The number of hydrogen-bond donors (Lipinski definition) is 1. The van der Waals surface area contributed by atoms with E-state index in [9.17, 15) is 0 Å². The molecule has 0 amide bonds. The molecule has 0 aliphatic rings. The van der Waals surface area contributed by atoms with Crippen LogP contribution in [0.1, 0.15) is 19.0 Å². The molecule has 1 rings (SSSR count). The molecule has 18 heavy (non-hydrogen) atoms. The Labute approximate surface area is 110 Å². The monoisotopic (exact) mass is 251 g/mol. The molecule has 0 radical (unpaired) electrons. The number of rotatable bonds is 8. The van der Waals surface area contributed by atoms with E-state index >= 15 is 0 Å². The van der Waals surface area contributed by atoms with Gasteiger partial charge in [-0.3, -0.25) is 4.98 Å². The van der Waals surface area contributed by atoms with Gasteiger partial charge in [0, 0.05) is 26.3 Å². The van der Waals surface area contributed by atoms with E-state index in [0.29, 0.717) is 0 Å². The normalized spacial score (nSPS) is 10.9. The van der Waals surface area contributed by atoms with E-state index in [-0.39, 0.29) is 0 Å². The van der Waals surface area contributed by atoms with Gasteiger partial charge in [0.25, 0.3) is 0 Å². The van der Waals surface area contributed by atoms with Gasteiger partial charge in [0.05, 0.1) is 11.9 Å². The molecule has 0 aliphatic heterocycles. The van der Waals surface area contributed by atoms with Gasteiger partial charge in [0.1, 0.15) is 5.82 Å². The molecule has 102 valence electrons. The van der Waals surface area contributed by atoms with Crippen molar-refractivity contribution < 1.29 is 0 Å². The van der Waals surface area contributed by atoms with E-state index < -0.39 is 0 Å². The lowest BCUT2D eigenvalue weighted by molar-refractivity contribution is 0.401. The Balaban J connectivity index is 2.48. The summed E-state index contributed by atoms with van der Waals surface area (Å²) >= 11 is 0. The van der Waals surface area contributed by atoms with E-state index in [1.54, 1.807) is 0 Å². The fourth-order valence-corrected chi connectivity index (χ4v) is 1.66. The molecule has 0 saturated heterocycles. The second kappa shape index (κ2) is 8.00. The maximum absolute atomic E-state index is 4.60. The number of aromatic nitrogens is 2. The van der Waals surface area contributed by atoms with Crippen LogP contribution in [0.2, 0.25) is 0 Å². The highest BCUT2D eigenvalue weighted by atomic mass is 15.2. The summed E-state index contributed by atoms with van der Waals surface area (Å²) in [6.45, 7) is 5.91. The number of anilines is 1. The lowest BCUT2D eigenvalue weighted by Gasteiger charge is -2.19. The van der Waals surface area contributed by atoms with Gasteiger partial charge >= 0.3 is 0 Å². The standard InChI is InChI=1S/C13H25N5/c1-5-14-9-12-10-15-11-13(16-12)18(4)8-6-7-17(2)3/h10-11,14H,5-9H2,1-4H3. The Morgan fingerprint density at radius 2 is 1.94 bits per heavy atom. The highest BCUT2D eigenvalue weighted by molar-refractivity contribution is 5.34. The van der Waals surface area contributed by atoms with E-state index in [0.717, 1.165) is 44.1 Å². The quantitative estimate of drug-likeness (QED) is 0.746. The highest BCUT2D eigenvalue weighted by Gasteiger charge is 2.04. The molecule has 1 heterocycles. The van der Waals surface area contributed by atoms with Crippen molar-refractivity contribution in [2.45, 2.75) is 19.9 Å². The van der Waals surface area contributed by atoms with Crippen LogP contribution >= 0.6 is 0 Å². The SMILES string of the molecule is CCNCc1cncc(N(C)CCCN(C)C)n1. The van der Waals surface area contributed by atoms with Gasteiger partial charge in [0.15, 0.2) is 0 Å². The molecule has 5 heteroatoms. The van der Waals surface area contributed by atoms with Gasteiger partial charge in [0.2, 0.25) is 0 Å². The van der Waals surface area contributed by atoms with E-state index in [2.05, 4.69) is 53.2 Å². The lowest BCUT2D eigenvalue weighted by Crippen LogP contribution is -2.24. The van der Waals surface area contributed by atoms with Gasteiger partial charge in [-0.05, 0) is 33.6 Å². The minimum absolute atomic E-state index is 0.781. The van der Waals surface area contributed by atoms with Crippen LogP contribution in [0.4, 0.5) is 5.82 Å². The summed E-state index contributed by atoms with van der Waals surface area (Å²) in [6.07, 6.45) is 4.77. The molecular formula is C13H25N5. The Bertz CT molecular complexity index is 340. The summed E-state index contributed by atoms with van der Waals surface area (Å²) in [5, 5.41) is 3.26. The Kier molecular flexibility index (Phi) is 6.60. The zero-order valence-corrected chi connectivity index (χ0v) is 12.0. The number of nitrogens with one attached hydrogen (secondary N) is 1. The average Bonchev–Trinajstić information content (AvgIpc) is 2.36. The van der Waals surface area contributed by atoms with Crippen LogP contribution in [0.15, 0.2) is 12.4 Å². The van der Waals surface area contributed by atoms with Gasteiger partial charge in [-0.15, -0.1) is 0 Å². The predicted molar refractivity (Wildman–Crippen MR) is 75.9 cm³/mol. The molecule has 0 saturated carbocycles. The lowest BCUT2D eigenvalue weighted by atomic mass is 10.3. The first kappa shape index (κ1) is 14.9. The van der Waals surface area contributed by atoms with Crippen LogP contribution in [-0.2, 0) is 6.54 Å². The van der Waals surface area contributed by atoms with Gasteiger partial charge in [-0.25, -0.2) is 4.98 Å². The molecule has 0 bridgehead atoms. The molecular weight excluding hydrogens is 226 g/mol. The van der Waals surface area contributed by atoms with Crippen LogP contribution in [0.5, 0.6) is 0 Å². The van der Waals surface area contributed by atoms with E-state index in [1.165, 1.54) is 0 Å². The first-order valence-corrected chi connectivity index (χ1v) is 6.51. The molecule has 0 spiro atoms. The molecule has 0 fully saturated rings. The Morgan fingerprint density at radius 1 is 1.17 bits per heavy atom. The van der Waals surface area contributed by atoms with Crippen molar-refractivity contribution in [2.24, 2.45) is 0 Å². The second-order valence-corrected chi connectivity index (χ2v) is 4.73. The fraction of sp³-hybridized carbons (Fsp3) is 0.692. The predicted octanol–water partition coefficient (Wildman–Crippen LogP) is 0.974. The molecule has 1 aromatic heterocycles. The largest absolute Gasteiger partial charge is 0.358 e. The minimum Gasteiger partial charge on any atom is -0.358 e. The van der Waals surface area contributed by atoms with E-state index in [1.807, 2.05) is 12.4 Å². The van der Waals surface area contributed by atoms with Gasteiger partial charge in [-0.1, -0.05) is 6.92 Å². The molecule has 0 aliphatic carbocycles. The molecule has 1 aromatic rings. The van der Waals surface area contributed by atoms with Crippen molar-refractivity contribution >= 4 is 5.82 Å². The van der Waals surface area contributed by atoms with Crippen LogP contribution in [-0.4, -0.2) is 55.6 Å². The van der Waals surface area contributed by atoms with Crippen molar-refractivity contribution in [3.05, 3.63) is 18.1 Å². The highest BCUT2D eigenvalue weighted by Crippen LogP contribution is 2.08. The summed E-state index contributed by atoms with van der Waals surface area (Å²) in [7, 11) is 6.25. The minimum atomic E-state index is 0.781. The topological polar surface area (TPSA) is 44.3 Å². The van der Waals surface area contributed by atoms with Crippen molar-refractivity contribution in [3.8, 4) is 0 Å². The van der Waals surface area contributed by atoms with Gasteiger partial charge < -0.3 is 15.1 Å². The smallest absolute Gasteiger partial charge is 0.147 e. The summed E-state index contributed by atoms with van der Waals surface area (Å²) in [6, 6.07) is 0. The third kappa shape index (κ3) is 5.42. The summed E-state index contributed by atoms with van der Waals surface area (Å²) in [5.41, 5.74) is 0.994. The van der Waals surface area contributed by atoms with Crippen LogP contribution in [0.25, 0.3) is 0 Å². The maximum Gasteiger partial charge on any atom is 0.147 e. The Morgan fingerprint density at radius 3 is 2.61 bits per heavy atom. The van der Waals surface area contributed by atoms with E-state index in [4.69, 9.17) is 0 Å². The van der Waals surface area contributed by atoms with Crippen molar-refractivity contribution in [2.75, 3.05) is 45.7 Å². The third-order valence-corrected chi connectivity index (χ3v) is 2.72. The van der Waals surface area contributed by atoms with Crippen LogP contribution in [0.3, 0.4) is 0 Å². The fourth-order valence-electron chi connectivity index (χ4n) is 1.66. The van der Waals surface area contributed by atoms with Gasteiger partial charge in [-0.2, -0.15) is 0 Å². The van der Waals surface area contributed by atoms with Crippen molar-refractivity contribution in [1.29, 1.82) is 0 Å². The summed E-state index contributed by atoms with van der Waals surface area (Å²) in [5.74, 6) is 0.948.